The number of amides is 1. The molecule has 85 heavy (non-hydrogen) atoms. The highest BCUT2D eigenvalue weighted by Crippen LogP contribution is 2.26. The summed E-state index contributed by atoms with van der Waals surface area (Å²) in [6, 6.07) is -1.03. The van der Waals surface area contributed by atoms with E-state index < -0.39 is 67.4 Å². The Morgan fingerprint density at radius 1 is 0.459 bits per heavy atom. The highest BCUT2D eigenvalue weighted by atomic mass is 16.7. The van der Waals surface area contributed by atoms with Gasteiger partial charge >= 0.3 is 5.97 Å². The molecule has 0 radical (unpaired) electrons. The summed E-state index contributed by atoms with van der Waals surface area (Å²) in [6.45, 7) is 5.79. The van der Waals surface area contributed by atoms with Gasteiger partial charge in [-0.25, -0.2) is 0 Å². The number of carbonyl (C=O) groups is 2. The molecule has 0 saturated carbocycles. The second-order valence-electron chi connectivity index (χ2n) is 25.0. The van der Waals surface area contributed by atoms with Crippen molar-refractivity contribution in [1.29, 1.82) is 0 Å². The van der Waals surface area contributed by atoms with Gasteiger partial charge < -0.3 is 45.1 Å². The van der Waals surface area contributed by atoms with E-state index in [1.165, 1.54) is 218 Å². The van der Waals surface area contributed by atoms with Crippen LogP contribution in [0.1, 0.15) is 335 Å². The second kappa shape index (κ2) is 61.6. The maximum atomic E-state index is 13.5. The van der Waals surface area contributed by atoms with Gasteiger partial charge in [-0.2, -0.15) is 0 Å². The fraction of sp³-hybridized carbons (Fsp3) is 0.838. The maximum absolute atomic E-state index is 13.5. The molecular weight excluding hydrogens is 1060 g/mol. The summed E-state index contributed by atoms with van der Waals surface area (Å²) in [7, 11) is 0. The van der Waals surface area contributed by atoms with Crippen LogP contribution in [0, 0.1) is 0 Å². The minimum Gasteiger partial charge on any atom is -0.454 e. The summed E-state index contributed by atoms with van der Waals surface area (Å²) in [5.74, 6) is -1.19. The maximum Gasteiger partial charge on any atom is 0.306 e. The number of unbranched alkanes of at least 4 members (excludes halogenated alkanes) is 40. The van der Waals surface area contributed by atoms with E-state index in [4.69, 9.17) is 14.2 Å². The Hall–Kier alpha value is -2.64. The molecule has 1 fully saturated rings. The van der Waals surface area contributed by atoms with Crippen molar-refractivity contribution in [2.24, 2.45) is 0 Å². The van der Waals surface area contributed by atoms with Gasteiger partial charge in [-0.3, -0.25) is 9.59 Å². The predicted octanol–water partition coefficient (Wildman–Crippen LogP) is 18.5. The summed E-state index contributed by atoms with van der Waals surface area (Å²) in [5.41, 5.74) is 0. The number of ether oxygens (including phenoxy) is 3. The van der Waals surface area contributed by atoms with Crippen molar-refractivity contribution in [1.82, 2.24) is 5.32 Å². The van der Waals surface area contributed by atoms with Crippen LogP contribution < -0.4 is 5.32 Å². The standard InChI is InChI=1S/C74H135NO10/c1-4-7-10-13-16-19-22-24-26-28-30-32-33-34-35-36-38-40-42-44-47-50-53-56-59-62-69(79)85-72-71(81)70(80)68(63-76)84-74(72)83-64-65(66(77)60-57-54-51-48-45-21-18-15-12-9-6-3)75-73(82)67(78)61-58-55-52-49-46-43-41-39-37-31-29-27-25-23-20-17-14-11-8-5-2/h16,19,24-27,30,32,57,60,65-68,70-72,74,76-78,80-81H,4-15,17-18,20-23,28-29,31,33-56,58-59,61-64H2,1-3H3,(H,75,82)/b19-16-,26-24-,27-25+,32-30-,60-57+. The Morgan fingerprint density at radius 3 is 1.25 bits per heavy atom. The predicted molar refractivity (Wildman–Crippen MR) is 356 cm³/mol. The molecule has 11 heteroatoms. The van der Waals surface area contributed by atoms with E-state index in [9.17, 15) is 35.1 Å². The minimum absolute atomic E-state index is 0.121. The topological polar surface area (TPSA) is 175 Å². The van der Waals surface area contributed by atoms with Crippen molar-refractivity contribution in [3.8, 4) is 0 Å². The molecule has 1 aliphatic rings. The number of carbonyl (C=O) groups excluding carboxylic acids is 2. The van der Waals surface area contributed by atoms with Crippen molar-refractivity contribution in [3.05, 3.63) is 60.8 Å². The average Bonchev–Trinajstić information content (AvgIpc) is 2.90. The van der Waals surface area contributed by atoms with E-state index in [0.717, 1.165) is 70.6 Å². The van der Waals surface area contributed by atoms with Crippen LogP contribution in [0.2, 0.25) is 0 Å². The molecule has 0 aromatic heterocycles. The molecule has 1 aliphatic heterocycles. The molecule has 0 spiro atoms. The van der Waals surface area contributed by atoms with Crippen molar-refractivity contribution < 1.29 is 49.3 Å². The number of hydrogen-bond donors (Lipinski definition) is 6. The summed E-state index contributed by atoms with van der Waals surface area (Å²) >= 11 is 0. The normalized spacial score (nSPS) is 18.7. The van der Waals surface area contributed by atoms with Crippen LogP contribution >= 0.6 is 0 Å². The Morgan fingerprint density at radius 2 is 0.812 bits per heavy atom. The van der Waals surface area contributed by atoms with Gasteiger partial charge in [0.2, 0.25) is 5.91 Å². The van der Waals surface area contributed by atoms with Crippen molar-refractivity contribution in [2.45, 2.75) is 384 Å². The SMILES string of the molecule is CCCCC/C=C\C/C=C\C/C=C\CCCCCCCCCCCCCCC(=O)OC1C(OCC(NC(=O)C(O)CCCCCCCCCCCC/C=C/CCCCCCCC)C(O)/C=C/CCCCCCCCCCC)OC(CO)C(O)C1O. The molecule has 8 atom stereocenters. The highest BCUT2D eigenvalue weighted by Gasteiger charge is 2.47. The van der Waals surface area contributed by atoms with Crippen LogP contribution in [0.4, 0.5) is 0 Å². The Labute approximate surface area is 522 Å². The van der Waals surface area contributed by atoms with E-state index in [1.807, 2.05) is 6.08 Å². The highest BCUT2D eigenvalue weighted by molar-refractivity contribution is 5.80. The monoisotopic (exact) mass is 1200 g/mol. The van der Waals surface area contributed by atoms with E-state index in [1.54, 1.807) is 6.08 Å². The number of aliphatic hydroxyl groups is 5. The molecule has 8 unspecified atom stereocenters. The van der Waals surface area contributed by atoms with Crippen LogP contribution in [0.3, 0.4) is 0 Å². The average molecular weight is 1200 g/mol. The van der Waals surface area contributed by atoms with Gasteiger partial charge in [0.25, 0.3) is 0 Å². The molecule has 1 heterocycles. The van der Waals surface area contributed by atoms with Gasteiger partial charge in [-0.1, -0.05) is 300 Å². The van der Waals surface area contributed by atoms with Crippen LogP contribution in [-0.2, 0) is 23.8 Å². The molecule has 0 aromatic carbocycles. The largest absolute Gasteiger partial charge is 0.454 e. The molecule has 1 amide bonds. The van der Waals surface area contributed by atoms with Gasteiger partial charge in [0.05, 0.1) is 25.4 Å². The molecule has 11 nitrogen and oxygen atoms in total. The molecule has 0 aromatic rings. The Bertz CT molecular complexity index is 1620. The number of nitrogens with one attached hydrogen (secondary N) is 1. The van der Waals surface area contributed by atoms with Gasteiger partial charge in [-0.15, -0.1) is 0 Å². The lowest BCUT2D eigenvalue weighted by molar-refractivity contribution is -0.305. The molecule has 1 saturated heterocycles. The summed E-state index contributed by atoms with van der Waals surface area (Å²) in [5, 5.41) is 57.2. The summed E-state index contributed by atoms with van der Waals surface area (Å²) < 4.78 is 17.7. The first-order valence-corrected chi connectivity index (χ1v) is 36.1. The van der Waals surface area contributed by atoms with Crippen LogP contribution in [0.25, 0.3) is 0 Å². The van der Waals surface area contributed by atoms with Crippen molar-refractivity contribution >= 4 is 11.9 Å². The summed E-state index contributed by atoms with van der Waals surface area (Å²) in [6.07, 6.45) is 68.3. The van der Waals surface area contributed by atoms with E-state index >= 15 is 0 Å². The lowest BCUT2D eigenvalue weighted by Gasteiger charge is -2.41. The van der Waals surface area contributed by atoms with Crippen molar-refractivity contribution in [3.63, 3.8) is 0 Å². The second-order valence-corrected chi connectivity index (χ2v) is 25.0. The van der Waals surface area contributed by atoms with E-state index in [2.05, 4.69) is 74.7 Å². The smallest absolute Gasteiger partial charge is 0.306 e. The third-order valence-corrected chi connectivity index (χ3v) is 16.9. The van der Waals surface area contributed by atoms with Gasteiger partial charge in [0, 0.05) is 6.42 Å². The molecule has 6 N–H and O–H groups in total. The van der Waals surface area contributed by atoms with Crippen LogP contribution in [0.15, 0.2) is 60.8 Å². The van der Waals surface area contributed by atoms with Crippen LogP contribution in [0.5, 0.6) is 0 Å². The lowest BCUT2D eigenvalue weighted by Crippen LogP contribution is -2.61. The number of esters is 1. The van der Waals surface area contributed by atoms with Gasteiger partial charge in [0.15, 0.2) is 12.4 Å². The third kappa shape index (κ3) is 48.9. The zero-order valence-corrected chi connectivity index (χ0v) is 55.2. The van der Waals surface area contributed by atoms with Gasteiger partial charge in [-0.05, 0) is 89.9 Å². The Kier molecular flexibility index (Phi) is 58.2. The first kappa shape index (κ1) is 80.4. The third-order valence-electron chi connectivity index (χ3n) is 16.9. The Balaban J connectivity index is 2.54. The quantitative estimate of drug-likeness (QED) is 0.0195. The fourth-order valence-corrected chi connectivity index (χ4v) is 11.2. The van der Waals surface area contributed by atoms with Crippen molar-refractivity contribution in [2.75, 3.05) is 13.2 Å². The number of rotatable bonds is 62. The van der Waals surface area contributed by atoms with Gasteiger partial charge in [0.1, 0.15) is 24.4 Å². The fourth-order valence-electron chi connectivity index (χ4n) is 11.2. The zero-order valence-electron chi connectivity index (χ0n) is 55.2. The zero-order chi connectivity index (χ0) is 61.7. The molecular formula is C74H135NO10. The molecule has 0 aliphatic carbocycles. The van der Waals surface area contributed by atoms with E-state index in [0.29, 0.717) is 19.3 Å². The minimum atomic E-state index is -1.62. The molecule has 496 valence electrons. The number of allylic oxidation sites excluding steroid dienone is 9. The number of aliphatic hydroxyl groups excluding tert-OH is 5. The number of hydrogen-bond acceptors (Lipinski definition) is 10. The summed E-state index contributed by atoms with van der Waals surface area (Å²) in [4.78, 5) is 26.7. The molecule has 1 rings (SSSR count). The molecule has 0 bridgehead atoms. The van der Waals surface area contributed by atoms with E-state index in [-0.39, 0.29) is 13.0 Å². The lowest BCUT2D eigenvalue weighted by atomic mass is 9.99. The first-order chi connectivity index (χ1) is 41.7. The first-order valence-electron chi connectivity index (χ1n) is 36.1. The van der Waals surface area contributed by atoms with Crippen LogP contribution in [-0.4, -0.2) is 99.6 Å².